The third kappa shape index (κ3) is 3.36. The summed E-state index contributed by atoms with van der Waals surface area (Å²) in [7, 11) is 0. The number of nitro groups is 1. The summed E-state index contributed by atoms with van der Waals surface area (Å²) < 4.78 is 5.23. The number of anilines is 1. The van der Waals surface area contributed by atoms with Crippen LogP contribution in [0.1, 0.15) is 31.2 Å². The fourth-order valence-corrected chi connectivity index (χ4v) is 3.14. The van der Waals surface area contributed by atoms with Crippen LogP contribution >= 0.6 is 0 Å². The fourth-order valence-electron chi connectivity index (χ4n) is 3.14. The van der Waals surface area contributed by atoms with Gasteiger partial charge in [0.15, 0.2) is 5.92 Å². The van der Waals surface area contributed by atoms with Crippen molar-refractivity contribution >= 4 is 29.0 Å². The van der Waals surface area contributed by atoms with E-state index in [0.29, 0.717) is 17.3 Å². The lowest BCUT2D eigenvalue weighted by Gasteiger charge is -2.14. The minimum absolute atomic E-state index is 0.115. The highest BCUT2D eigenvalue weighted by Gasteiger charge is 2.41. The molecule has 1 fully saturated rings. The van der Waals surface area contributed by atoms with Crippen molar-refractivity contribution in [3.05, 3.63) is 64.2 Å². The zero-order valence-electron chi connectivity index (χ0n) is 15.1. The Morgan fingerprint density at radius 1 is 1.14 bits per heavy atom. The zero-order chi connectivity index (χ0) is 19.8. The second-order valence-corrected chi connectivity index (χ2v) is 6.86. The van der Waals surface area contributed by atoms with Gasteiger partial charge in [-0.3, -0.25) is 19.7 Å². The number of benzene rings is 2. The van der Waals surface area contributed by atoms with Crippen LogP contribution in [0.2, 0.25) is 0 Å². The summed E-state index contributed by atoms with van der Waals surface area (Å²) in [5.41, 5.74) is 2.06. The topological polar surface area (TPSA) is 102 Å². The molecule has 0 N–H and O–H groups in total. The van der Waals surface area contributed by atoms with E-state index in [2.05, 4.69) is 5.10 Å². The van der Waals surface area contributed by atoms with Crippen molar-refractivity contribution in [2.24, 2.45) is 11.0 Å². The van der Waals surface area contributed by atoms with Crippen LogP contribution in [0, 0.1) is 16.0 Å². The van der Waals surface area contributed by atoms with Gasteiger partial charge in [-0.15, -0.1) is 0 Å². The van der Waals surface area contributed by atoms with Gasteiger partial charge in [-0.1, -0.05) is 12.1 Å². The molecule has 8 heteroatoms. The first kappa shape index (κ1) is 17.8. The maximum Gasteiger partial charge on any atom is 0.329 e. The summed E-state index contributed by atoms with van der Waals surface area (Å²) in [6.07, 6.45) is 2.38. The van der Waals surface area contributed by atoms with Crippen LogP contribution in [0.5, 0.6) is 5.75 Å². The lowest BCUT2D eigenvalue weighted by atomic mass is 10.0. The number of hydrazone groups is 1. The molecule has 1 unspecified atom stereocenters. The maximum absolute atomic E-state index is 12.7. The molecule has 2 aromatic carbocycles. The van der Waals surface area contributed by atoms with Crippen LogP contribution in [0.15, 0.2) is 53.6 Å². The zero-order valence-corrected chi connectivity index (χ0v) is 15.1. The Morgan fingerprint density at radius 2 is 1.79 bits per heavy atom. The summed E-state index contributed by atoms with van der Waals surface area (Å²) in [5.74, 6) is -1.65. The van der Waals surface area contributed by atoms with Gasteiger partial charge in [-0.05, 0) is 55.5 Å². The lowest BCUT2D eigenvalue weighted by Crippen LogP contribution is -2.35. The largest absolute Gasteiger partial charge is 0.426 e. The van der Waals surface area contributed by atoms with Crippen LogP contribution in [0.25, 0.3) is 0 Å². The first-order valence-electron chi connectivity index (χ1n) is 8.89. The maximum atomic E-state index is 12.7. The molecule has 1 heterocycles. The van der Waals surface area contributed by atoms with Crippen LogP contribution in [-0.4, -0.2) is 22.5 Å². The smallest absolute Gasteiger partial charge is 0.329 e. The van der Waals surface area contributed by atoms with Gasteiger partial charge in [0.1, 0.15) is 5.75 Å². The molecular formula is C20H17N3O5. The Kier molecular flexibility index (Phi) is 4.38. The number of hydrogen-bond donors (Lipinski definition) is 0. The summed E-state index contributed by atoms with van der Waals surface area (Å²) in [4.78, 5) is 35.4. The number of hydrogen-bond acceptors (Lipinski definition) is 6. The van der Waals surface area contributed by atoms with E-state index in [1.165, 1.54) is 47.7 Å². The minimum Gasteiger partial charge on any atom is -0.426 e. The molecule has 1 aliphatic heterocycles. The number of rotatable bonds is 5. The van der Waals surface area contributed by atoms with E-state index in [9.17, 15) is 19.7 Å². The van der Waals surface area contributed by atoms with Gasteiger partial charge in [0, 0.05) is 12.1 Å². The van der Waals surface area contributed by atoms with E-state index in [1.807, 2.05) is 24.3 Å². The Balaban J connectivity index is 1.47. The number of amides is 1. The van der Waals surface area contributed by atoms with E-state index >= 15 is 0 Å². The number of carbonyl (C=O) groups is 2. The molecule has 4 rings (SSSR count). The molecule has 0 aromatic heterocycles. The highest BCUT2D eigenvalue weighted by Crippen LogP contribution is 2.40. The third-order valence-electron chi connectivity index (χ3n) is 4.82. The van der Waals surface area contributed by atoms with Crippen molar-refractivity contribution in [3.63, 3.8) is 0 Å². The van der Waals surface area contributed by atoms with E-state index in [0.717, 1.165) is 0 Å². The molecule has 8 nitrogen and oxygen atoms in total. The highest BCUT2D eigenvalue weighted by molar-refractivity contribution is 6.25. The van der Waals surface area contributed by atoms with Gasteiger partial charge in [-0.25, -0.2) is 0 Å². The van der Waals surface area contributed by atoms with E-state index in [-0.39, 0.29) is 11.4 Å². The summed E-state index contributed by atoms with van der Waals surface area (Å²) in [6.45, 7) is 1.60. The predicted octanol–water partition coefficient (Wildman–Crippen LogP) is 3.42. The molecule has 1 atom stereocenters. The molecule has 142 valence electrons. The second kappa shape index (κ2) is 6.88. The van der Waals surface area contributed by atoms with Crippen LogP contribution in [-0.2, 0) is 9.59 Å². The van der Waals surface area contributed by atoms with Crippen molar-refractivity contribution in [2.45, 2.75) is 25.7 Å². The average Bonchev–Trinajstić information content (AvgIpc) is 3.47. The van der Waals surface area contributed by atoms with Crippen LogP contribution < -0.4 is 9.75 Å². The van der Waals surface area contributed by atoms with Gasteiger partial charge in [0.05, 0.1) is 16.3 Å². The molecule has 2 aliphatic rings. The number of carbonyl (C=O) groups excluding carboxylic acids is 2. The number of non-ortho nitro benzene ring substituents is 1. The molecule has 0 saturated heterocycles. The molecular weight excluding hydrogens is 362 g/mol. The van der Waals surface area contributed by atoms with Gasteiger partial charge in [0.2, 0.25) is 0 Å². The molecule has 1 aliphatic carbocycles. The minimum atomic E-state index is -1.14. The SMILES string of the molecule is CC1=NN(c2ccc(C3CC3)cc2)C(=O)C1C(=O)Oc1ccc([N+](=O)[O-])cc1. The number of nitrogens with zero attached hydrogens (tertiary/aromatic N) is 3. The summed E-state index contributed by atoms with van der Waals surface area (Å²) in [5, 5.41) is 16.1. The van der Waals surface area contributed by atoms with Crippen molar-refractivity contribution in [3.8, 4) is 5.75 Å². The Morgan fingerprint density at radius 3 is 2.36 bits per heavy atom. The third-order valence-corrected chi connectivity index (χ3v) is 4.82. The molecule has 2 aromatic rings. The Hall–Kier alpha value is -3.55. The van der Waals surface area contributed by atoms with Crippen LogP contribution in [0.4, 0.5) is 11.4 Å². The highest BCUT2D eigenvalue weighted by atomic mass is 16.6. The molecule has 1 saturated carbocycles. The monoisotopic (exact) mass is 379 g/mol. The Bertz CT molecular complexity index is 978. The first-order chi connectivity index (χ1) is 13.4. The standard InChI is InChI=1S/C20H17N3O5/c1-12-18(20(25)28-17-10-8-16(9-11-17)23(26)27)19(24)22(21-12)15-6-4-14(5-7-15)13-2-3-13/h4-11,13,18H,2-3H2,1H3. The number of nitro benzene ring substituents is 1. The quantitative estimate of drug-likeness (QED) is 0.260. The summed E-state index contributed by atoms with van der Waals surface area (Å²) in [6, 6.07) is 12.7. The van der Waals surface area contributed by atoms with Gasteiger partial charge >= 0.3 is 5.97 Å². The van der Waals surface area contributed by atoms with Gasteiger partial charge < -0.3 is 4.74 Å². The van der Waals surface area contributed by atoms with E-state index in [1.54, 1.807) is 6.92 Å². The molecule has 0 bridgehead atoms. The fraction of sp³-hybridized carbons (Fsp3) is 0.250. The lowest BCUT2D eigenvalue weighted by molar-refractivity contribution is -0.384. The van der Waals surface area contributed by atoms with E-state index < -0.39 is 22.7 Å². The van der Waals surface area contributed by atoms with Crippen molar-refractivity contribution in [1.82, 2.24) is 0 Å². The average molecular weight is 379 g/mol. The predicted molar refractivity (Wildman–Crippen MR) is 101 cm³/mol. The first-order valence-corrected chi connectivity index (χ1v) is 8.89. The van der Waals surface area contributed by atoms with Crippen molar-refractivity contribution in [2.75, 3.05) is 5.01 Å². The van der Waals surface area contributed by atoms with Crippen molar-refractivity contribution in [1.29, 1.82) is 0 Å². The van der Waals surface area contributed by atoms with Crippen LogP contribution in [0.3, 0.4) is 0 Å². The molecule has 0 spiro atoms. The molecule has 1 amide bonds. The number of esters is 1. The van der Waals surface area contributed by atoms with E-state index in [4.69, 9.17) is 4.74 Å². The summed E-state index contributed by atoms with van der Waals surface area (Å²) >= 11 is 0. The van der Waals surface area contributed by atoms with Gasteiger partial charge in [0.25, 0.3) is 11.6 Å². The normalized spacial score (nSPS) is 18.8. The molecule has 0 radical (unpaired) electrons. The van der Waals surface area contributed by atoms with Crippen molar-refractivity contribution < 1.29 is 19.2 Å². The number of ether oxygens (including phenoxy) is 1. The second-order valence-electron chi connectivity index (χ2n) is 6.86. The Labute approximate surface area is 160 Å². The molecule has 28 heavy (non-hydrogen) atoms. The van der Waals surface area contributed by atoms with Gasteiger partial charge in [-0.2, -0.15) is 10.1 Å².